The zero-order valence-electron chi connectivity index (χ0n) is 38.9. The van der Waals surface area contributed by atoms with Gasteiger partial charge in [-0.2, -0.15) is 0 Å². The van der Waals surface area contributed by atoms with Crippen molar-refractivity contribution in [3.8, 4) is 0 Å². The second-order valence-electron chi connectivity index (χ2n) is 19.8. The van der Waals surface area contributed by atoms with Crippen LogP contribution >= 0.6 is 0 Å². The van der Waals surface area contributed by atoms with Crippen LogP contribution in [-0.2, 0) is 33.3 Å². The summed E-state index contributed by atoms with van der Waals surface area (Å²) in [5.74, 6) is -5.91. The molecule has 14 nitrogen and oxygen atoms in total. The summed E-state index contributed by atoms with van der Waals surface area (Å²) in [6.07, 6.45) is 8.20. The fourth-order valence-electron chi connectivity index (χ4n) is 11.3. The van der Waals surface area contributed by atoms with Crippen LogP contribution in [0.2, 0.25) is 0 Å². The number of rotatable bonds is 16. The van der Waals surface area contributed by atoms with Gasteiger partial charge >= 0.3 is 6.03 Å². The van der Waals surface area contributed by atoms with Gasteiger partial charge in [-0.25, -0.2) is 4.79 Å². The Bertz CT molecular complexity index is 1560. The minimum Gasteiger partial charge on any atom is -0.392 e. The number of carbonyl (C=O) groups excluding carboxylic acids is 3. The largest absolute Gasteiger partial charge is 0.392 e. The molecule has 4 N–H and O–H groups in total. The fraction of sp³-hybridized carbons (Fsp3) is 0.894. The van der Waals surface area contributed by atoms with Gasteiger partial charge in [0, 0.05) is 41.8 Å². The summed E-state index contributed by atoms with van der Waals surface area (Å²) < 4.78 is 34.5. The number of nitroso groups, excluding NO2 is 1. The van der Waals surface area contributed by atoms with Crippen LogP contribution in [0.5, 0.6) is 0 Å². The summed E-state index contributed by atoms with van der Waals surface area (Å²) in [4.78, 5) is 51.5. The first-order chi connectivity index (χ1) is 28.8. The fourth-order valence-corrected chi connectivity index (χ4v) is 11.3. The van der Waals surface area contributed by atoms with Gasteiger partial charge in [-0.15, -0.1) is 4.91 Å². The Morgan fingerprint density at radius 2 is 1.61 bits per heavy atom. The third-order valence-corrected chi connectivity index (χ3v) is 15.7. The third kappa shape index (κ3) is 10.2. The number of hydrogen-bond donors (Lipinski definition) is 4. The van der Waals surface area contributed by atoms with Gasteiger partial charge in [0.2, 0.25) is 0 Å². The number of carbonyl (C=O) groups is 3. The number of unbranched alkanes of at least 4 members (excludes halogenated alkanes) is 1. The topological polar surface area (TPSA) is 191 Å². The lowest BCUT2D eigenvalue weighted by molar-refractivity contribution is -0.397. The van der Waals surface area contributed by atoms with E-state index in [1.807, 2.05) is 53.7 Å². The number of ketones is 1. The van der Waals surface area contributed by atoms with Gasteiger partial charge in [-0.3, -0.25) is 9.59 Å². The highest BCUT2D eigenvalue weighted by Gasteiger charge is 2.63. The molecule has 14 heteroatoms. The lowest BCUT2D eigenvalue weighted by Gasteiger charge is -2.55. The lowest BCUT2D eigenvalue weighted by atomic mass is 9.72. The highest BCUT2D eigenvalue weighted by atomic mass is 16.8. The molecule has 5 aliphatic heterocycles. The second-order valence-corrected chi connectivity index (χ2v) is 19.8. The van der Waals surface area contributed by atoms with Crippen molar-refractivity contribution in [1.29, 1.82) is 0 Å². The molecule has 3 unspecified atom stereocenters. The van der Waals surface area contributed by atoms with Crippen LogP contribution in [0.1, 0.15) is 153 Å². The number of ether oxygens (including phenoxy) is 5. The summed E-state index contributed by atoms with van der Waals surface area (Å²) in [7, 11) is 0. The van der Waals surface area contributed by atoms with Crippen LogP contribution in [-0.4, -0.2) is 99.9 Å². The molecule has 348 valence electrons. The molecule has 0 bridgehead atoms. The van der Waals surface area contributed by atoms with Crippen molar-refractivity contribution in [3.63, 3.8) is 0 Å². The van der Waals surface area contributed by atoms with Crippen molar-refractivity contribution in [2.24, 2.45) is 46.6 Å². The molecule has 18 atom stereocenters. The molecule has 3 amide bonds. The number of aliphatic hydroxyl groups excluding tert-OH is 1. The van der Waals surface area contributed by atoms with Crippen LogP contribution in [0.15, 0.2) is 17.3 Å². The normalized spacial score (nSPS) is 41.4. The van der Waals surface area contributed by atoms with Gasteiger partial charge in [-0.05, 0) is 96.0 Å². The zero-order chi connectivity index (χ0) is 45.1. The summed E-state index contributed by atoms with van der Waals surface area (Å²) in [6.45, 7) is 22.2. The van der Waals surface area contributed by atoms with Gasteiger partial charge in [0.1, 0.15) is 11.8 Å². The van der Waals surface area contributed by atoms with Crippen molar-refractivity contribution >= 4 is 17.7 Å². The molecule has 5 heterocycles. The van der Waals surface area contributed by atoms with Crippen molar-refractivity contribution in [2.75, 3.05) is 6.54 Å². The van der Waals surface area contributed by atoms with E-state index < -0.39 is 82.8 Å². The maximum atomic E-state index is 14.7. The Kier molecular flexibility index (Phi) is 16.5. The SMILES string of the molecule is CCCCNC(=O)NC1C=C[C@]2(O[C@H](C(CC)C(=O)[C@@H](C)[C@@H](O)[C@H](C)[C@@H]3O[C@@H](C(CC)C(=O)N=O)CC[C@@H]3C)[C@@H](C)C[C@H]2C)O[C@@]12CC[C@@](C)([C@H]1CC[C@](O)(CC)[C@H](C)O1)O2. The van der Waals surface area contributed by atoms with Crippen LogP contribution in [0.3, 0.4) is 0 Å². The van der Waals surface area contributed by atoms with E-state index in [4.69, 9.17) is 23.7 Å². The van der Waals surface area contributed by atoms with Crippen molar-refractivity contribution in [2.45, 2.75) is 219 Å². The van der Waals surface area contributed by atoms with Gasteiger partial charge in [0.05, 0.1) is 53.7 Å². The predicted molar refractivity (Wildman–Crippen MR) is 231 cm³/mol. The first kappa shape index (κ1) is 49.7. The number of Topliss-reactive ketones (excluding diaryl/α,β-unsaturated/α-hetero) is 1. The van der Waals surface area contributed by atoms with Crippen molar-refractivity contribution in [3.05, 3.63) is 17.1 Å². The summed E-state index contributed by atoms with van der Waals surface area (Å²) in [6, 6.07) is -0.981. The standard InChI is InChI=1S/C47H79N3O11/c1-12-16-25-48-43(54)49-36-19-22-46(61-47(36)24-23-44(11,60-47)37-20-21-45(55,15-4)32(10)57-37)29(7)26-28(6)41(59-46)34(14-3)39(52)30(8)38(51)31(9)40-27(5)17-18-35(58-40)33(13-2)42(53)50-56/h19,22,27-38,40-41,51,55H,12-18,20-21,23-26H2,1-11H3,(H2,48,49,54)/t27-,28-,29+,30-,31-,32-,33?,34?,35+,36?,37+,38+,40+,41-,44-,45+,46-,47-/m0/s1. The molecule has 0 radical (unpaired) electrons. The Morgan fingerprint density at radius 3 is 2.23 bits per heavy atom. The van der Waals surface area contributed by atoms with E-state index in [1.165, 1.54) is 0 Å². The molecular formula is C47H79N3O11. The van der Waals surface area contributed by atoms with Gasteiger partial charge in [-0.1, -0.05) is 74.8 Å². The number of amides is 3. The zero-order valence-corrected chi connectivity index (χ0v) is 38.9. The quantitative estimate of drug-likeness (QED) is 0.0683. The molecule has 2 spiro atoms. The first-order valence-electron chi connectivity index (χ1n) is 23.7. The van der Waals surface area contributed by atoms with Crippen LogP contribution in [0, 0.1) is 46.3 Å². The molecule has 0 saturated carbocycles. The van der Waals surface area contributed by atoms with E-state index in [9.17, 15) is 29.5 Å². The molecule has 0 aromatic rings. The molecule has 5 aliphatic rings. The molecule has 5 rings (SSSR count). The van der Waals surface area contributed by atoms with Gasteiger partial charge in [0.15, 0.2) is 11.6 Å². The van der Waals surface area contributed by atoms with Gasteiger partial charge < -0.3 is 44.5 Å². The lowest BCUT2D eigenvalue weighted by Crippen LogP contribution is -2.66. The molecule has 0 aliphatic carbocycles. The highest BCUT2D eigenvalue weighted by Crippen LogP contribution is 2.54. The van der Waals surface area contributed by atoms with E-state index in [-0.39, 0.29) is 41.8 Å². The number of nitrogens with zero attached hydrogens (tertiary/aromatic N) is 1. The summed E-state index contributed by atoms with van der Waals surface area (Å²) in [5, 5.41) is 31.9. The minimum absolute atomic E-state index is 0.0222. The Balaban J connectivity index is 1.38. The van der Waals surface area contributed by atoms with E-state index in [0.717, 1.165) is 19.3 Å². The summed E-state index contributed by atoms with van der Waals surface area (Å²) >= 11 is 0. The number of aliphatic hydroxyl groups is 2. The summed E-state index contributed by atoms with van der Waals surface area (Å²) in [5.41, 5.74) is -1.70. The van der Waals surface area contributed by atoms with Crippen molar-refractivity contribution < 1.29 is 48.3 Å². The van der Waals surface area contributed by atoms with Crippen LogP contribution in [0.25, 0.3) is 0 Å². The highest BCUT2D eigenvalue weighted by molar-refractivity contribution is 5.84. The smallest absolute Gasteiger partial charge is 0.315 e. The second kappa shape index (κ2) is 20.2. The van der Waals surface area contributed by atoms with Crippen LogP contribution < -0.4 is 10.6 Å². The Labute approximate surface area is 364 Å². The molecule has 0 aromatic carbocycles. The van der Waals surface area contributed by atoms with Crippen molar-refractivity contribution in [1.82, 2.24) is 10.6 Å². The van der Waals surface area contributed by atoms with E-state index >= 15 is 0 Å². The molecule has 0 aromatic heterocycles. The van der Waals surface area contributed by atoms with Gasteiger partial charge in [0.25, 0.3) is 5.91 Å². The van der Waals surface area contributed by atoms with Crippen LogP contribution in [0.4, 0.5) is 4.79 Å². The molecular weight excluding hydrogens is 783 g/mol. The maximum Gasteiger partial charge on any atom is 0.315 e. The minimum atomic E-state index is -1.32. The predicted octanol–water partition coefficient (Wildman–Crippen LogP) is 7.50. The molecule has 4 fully saturated rings. The van der Waals surface area contributed by atoms with E-state index in [2.05, 4.69) is 43.5 Å². The average Bonchev–Trinajstić information content (AvgIpc) is 3.58. The number of hydrogen-bond acceptors (Lipinski definition) is 11. The van der Waals surface area contributed by atoms with E-state index in [1.54, 1.807) is 6.92 Å². The maximum absolute atomic E-state index is 14.7. The number of nitrogens with one attached hydrogen (secondary N) is 2. The monoisotopic (exact) mass is 862 g/mol. The molecule has 61 heavy (non-hydrogen) atoms. The average molecular weight is 862 g/mol. The Morgan fingerprint density at radius 1 is 0.902 bits per heavy atom. The first-order valence-corrected chi connectivity index (χ1v) is 23.7. The third-order valence-electron chi connectivity index (χ3n) is 15.7. The Hall–Kier alpha value is -2.33. The molecule has 4 saturated heterocycles. The van der Waals surface area contributed by atoms with E-state index in [0.29, 0.717) is 64.3 Å². The number of urea groups is 1.